The van der Waals surface area contributed by atoms with Crippen LogP contribution in [0.5, 0.6) is 0 Å². The highest BCUT2D eigenvalue weighted by molar-refractivity contribution is 6.24. The molecule has 1 unspecified atom stereocenters. The van der Waals surface area contributed by atoms with Gasteiger partial charge in [0.2, 0.25) is 0 Å². The molecule has 0 saturated carbocycles. The lowest BCUT2D eigenvalue weighted by Crippen LogP contribution is -2.34. The fraction of sp³-hybridized carbons (Fsp3) is 1.00. The van der Waals surface area contributed by atoms with E-state index in [-0.39, 0.29) is 4.87 Å². The Morgan fingerprint density at radius 1 is 0.600 bits per heavy atom. The standard InChI is InChI=1S/C23H47ClO/c1-4-6-8-10-12-14-16-18-20-23(24,22(3)25)21-19-17-15-13-11-9-7-5-2/h22,25H,4-21H2,1-3H3. The fourth-order valence-electron chi connectivity index (χ4n) is 3.65. The van der Waals surface area contributed by atoms with Crippen LogP contribution in [0.4, 0.5) is 0 Å². The molecule has 0 fully saturated rings. The maximum Gasteiger partial charge on any atom is 0.0703 e. The highest BCUT2D eigenvalue weighted by Crippen LogP contribution is 2.33. The van der Waals surface area contributed by atoms with E-state index >= 15 is 0 Å². The summed E-state index contributed by atoms with van der Waals surface area (Å²) in [6.07, 6.45) is 22.7. The first-order valence-electron chi connectivity index (χ1n) is 11.4. The average molecular weight is 375 g/mol. The molecule has 0 saturated heterocycles. The summed E-state index contributed by atoms with van der Waals surface area (Å²) in [5.74, 6) is 0. The highest BCUT2D eigenvalue weighted by Gasteiger charge is 2.31. The molecule has 0 rings (SSSR count). The maximum atomic E-state index is 10.1. The number of unbranched alkanes of at least 4 members (excludes halogenated alkanes) is 14. The van der Waals surface area contributed by atoms with Crippen molar-refractivity contribution in [3.05, 3.63) is 0 Å². The van der Waals surface area contributed by atoms with Crippen LogP contribution in [-0.2, 0) is 0 Å². The first-order valence-corrected chi connectivity index (χ1v) is 11.8. The Morgan fingerprint density at radius 3 is 1.16 bits per heavy atom. The zero-order valence-electron chi connectivity index (χ0n) is 17.6. The van der Waals surface area contributed by atoms with Gasteiger partial charge in [-0.15, -0.1) is 11.6 Å². The summed E-state index contributed by atoms with van der Waals surface area (Å²) in [7, 11) is 0. The van der Waals surface area contributed by atoms with Crippen molar-refractivity contribution in [2.45, 2.75) is 147 Å². The maximum absolute atomic E-state index is 10.1. The minimum Gasteiger partial charge on any atom is -0.392 e. The minimum absolute atomic E-state index is 0.385. The SMILES string of the molecule is CCCCCCCCCCC(Cl)(CCCCCCCCCC)C(C)O. The first-order chi connectivity index (χ1) is 12.1. The second-order valence-electron chi connectivity index (χ2n) is 8.16. The van der Waals surface area contributed by atoms with Gasteiger partial charge in [0.15, 0.2) is 0 Å². The third kappa shape index (κ3) is 15.0. The molecule has 0 aromatic heterocycles. The van der Waals surface area contributed by atoms with Crippen LogP contribution in [0.2, 0.25) is 0 Å². The van der Waals surface area contributed by atoms with Crippen LogP contribution in [0.15, 0.2) is 0 Å². The predicted molar refractivity (Wildman–Crippen MR) is 115 cm³/mol. The molecule has 25 heavy (non-hydrogen) atoms. The second-order valence-corrected chi connectivity index (χ2v) is 8.91. The molecule has 0 aliphatic carbocycles. The second kappa shape index (κ2) is 17.7. The van der Waals surface area contributed by atoms with Crippen LogP contribution in [0, 0.1) is 0 Å². The molecular formula is C23H47ClO. The summed E-state index contributed by atoms with van der Waals surface area (Å²) >= 11 is 6.79. The smallest absolute Gasteiger partial charge is 0.0703 e. The van der Waals surface area contributed by atoms with Crippen molar-refractivity contribution in [1.29, 1.82) is 0 Å². The van der Waals surface area contributed by atoms with Crippen LogP contribution >= 0.6 is 11.6 Å². The molecule has 152 valence electrons. The molecule has 0 amide bonds. The molecule has 1 nitrogen and oxygen atoms in total. The van der Waals surface area contributed by atoms with Gasteiger partial charge in [0, 0.05) is 0 Å². The molecular weight excluding hydrogens is 328 g/mol. The van der Waals surface area contributed by atoms with Crippen molar-refractivity contribution in [3.63, 3.8) is 0 Å². The quantitative estimate of drug-likeness (QED) is 0.178. The Bertz CT molecular complexity index is 245. The zero-order valence-corrected chi connectivity index (χ0v) is 18.4. The number of halogens is 1. The minimum atomic E-state index is -0.400. The summed E-state index contributed by atoms with van der Waals surface area (Å²) in [6, 6.07) is 0. The van der Waals surface area contributed by atoms with Crippen molar-refractivity contribution in [2.75, 3.05) is 0 Å². The molecule has 1 N–H and O–H groups in total. The summed E-state index contributed by atoms with van der Waals surface area (Å²) in [4.78, 5) is -0.385. The predicted octanol–water partition coefficient (Wildman–Crippen LogP) is 8.41. The van der Waals surface area contributed by atoms with Gasteiger partial charge in [-0.05, 0) is 19.8 Å². The van der Waals surface area contributed by atoms with Gasteiger partial charge in [-0.2, -0.15) is 0 Å². The van der Waals surface area contributed by atoms with Crippen molar-refractivity contribution in [2.24, 2.45) is 0 Å². The van der Waals surface area contributed by atoms with E-state index in [9.17, 15) is 5.11 Å². The van der Waals surface area contributed by atoms with Crippen LogP contribution < -0.4 is 0 Å². The third-order valence-electron chi connectivity index (χ3n) is 5.64. The van der Waals surface area contributed by atoms with E-state index in [1.54, 1.807) is 0 Å². The first kappa shape index (κ1) is 25.2. The topological polar surface area (TPSA) is 20.2 Å². The van der Waals surface area contributed by atoms with Gasteiger partial charge >= 0.3 is 0 Å². The Morgan fingerprint density at radius 2 is 0.880 bits per heavy atom. The Kier molecular flexibility index (Phi) is 17.8. The number of hydrogen-bond donors (Lipinski definition) is 1. The Balaban J connectivity index is 3.71. The molecule has 0 radical (unpaired) electrons. The highest BCUT2D eigenvalue weighted by atomic mass is 35.5. The van der Waals surface area contributed by atoms with Crippen LogP contribution in [0.1, 0.15) is 136 Å². The van der Waals surface area contributed by atoms with E-state index in [4.69, 9.17) is 11.6 Å². The van der Waals surface area contributed by atoms with Gasteiger partial charge < -0.3 is 5.11 Å². The number of aliphatic hydroxyl groups excluding tert-OH is 1. The largest absolute Gasteiger partial charge is 0.392 e. The molecule has 0 aromatic carbocycles. The van der Waals surface area contributed by atoms with Gasteiger partial charge in [-0.25, -0.2) is 0 Å². The number of hydrogen-bond acceptors (Lipinski definition) is 1. The molecule has 1 atom stereocenters. The summed E-state index contributed by atoms with van der Waals surface area (Å²) in [5, 5.41) is 10.1. The van der Waals surface area contributed by atoms with Crippen molar-refractivity contribution in [1.82, 2.24) is 0 Å². The zero-order chi connectivity index (χ0) is 18.8. The normalized spacial score (nSPS) is 13.3. The van der Waals surface area contributed by atoms with E-state index in [1.165, 1.54) is 103 Å². The van der Waals surface area contributed by atoms with E-state index in [0.717, 1.165) is 12.8 Å². The molecule has 0 aliphatic heterocycles. The molecule has 0 heterocycles. The van der Waals surface area contributed by atoms with Gasteiger partial charge in [0.05, 0.1) is 11.0 Å². The number of aliphatic hydroxyl groups is 1. The Hall–Kier alpha value is 0.250. The Labute approximate surface area is 164 Å². The number of alkyl halides is 1. The van der Waals surface area contributed by atoms with E-state index in [0.29, 0.717) is 0 Å². The average Bonchev–Trinajstić information content (AvgIpc) is 2.59. The van der Waals surface area contributed by atoms with E-state index < -0.39 is 6.10 Å². The lowest BCUT2D eigenvalue weighted by atomic mass is 9.89. The van der Waals surface area contributed by atoms with Crippen LogP contribution in [0.3, 0.4) is 0 Å². The van der Waals surface area contributed by atoms with Crippen molar-refractivity contribution < 1.29 is 5.11 Å². The van der Waals surface area contributed by atoms with E-state index in [1.807, 2.05) is 6.92 Å². The molecule has 0 bridgehead atoms. The summed E-state index contributed by atoms with van der Waals surface area (Å²) in [6.45, 7) is 6.41. The fourth-order valence-corrected chi connectivity index (χ4v) is 3.92. The van der Waals surface area contributed by atoms with Gasteiger partial charge in [0.25, 0.3) is 0 Å². The third-order valence-corrected chi connectivity index (χ3v) is 6.33. The van der Waals surface area contributed by atoms with Gasteiger partial charge in [-0.1, -0.05) is 117 Å². The lowest BCUT2D eigenvalue weighted by molar-refractivity contribution is 0.128. The molecule has 0 aliphatic rings. The van der Waals surface area contributed by atoms with Gasteiger partial charge in [0.1, 0.15) is 0 Å². The van der Waals surface area contributed by atoms with Crippen LogP contribution in [-0.4, -0.2) is 16.1 Å². The molecule has 2 heteroatoms. The molecule has 0 aromatic rings. The van der Waals surface area contributed by atoms with Gasteiger partial charge in [-0.3, -0.25) is 0 Å². The van der Waals surface area contributed by atoms with E-state index in [2.05, 4.69) is 13.8 Å². The number of rotatable bonds is 19. The monoisotopic (exact) mass is 374 g/mol. The van der Waals surface area contributed by atoms with Crippen molar-refractivity contribution >= 4 is 11.6 Å². The molecule has 0 spiro atoms. The lowest BCUT2D eigenvalue weighted by Gasteiger charge is -2.30. The van der Waals surface area contributed by atoms with Crippen LogP contribution in [0.25, 0.3) is 0 Å². The van der Waals surface area contributed by atoms with Crippen molar-refractivity contribution in [3.8, 4) is 0 Å². The summed E-state index contributed by atoms with van der Waals surface area (Å²) < 4.78 is 0. The summed E-state index contributed by atoms with van der Waals surface area (Å²) in [5.41, 5.74) is 0.